The Labute approximate surface area is 193 Å². The van der Waals surface area contributed by atoms with Crippen molar-refractivity contribution in [2.75, 3.05) is 24.3 Å². The van der Waals surface area contributed by atoms with Crippen LogP contribution < -0.4 is 15.5 Å². The summed E-state index contributed by atoms with van der Waals surface area (Å²) in [6.45, 7) is 7.12. The molecule has 0 radical (unpaired) electrons. The van der Waals surface area contributed by atoms with E-state index >= 15 is 0 Å². The maximum atomic E-state index is 13.3. The molecule has 2 aliphatic rings. The molecule has 5 nitrogen and oxygen atoms in total. The predicted molar refractivity (Wildman–Crippen MR) is 129 cm³/mol. The van der Waals surface area contributed by atoms with Gasteiger partial charge in [-0.2, -0.15) is 0 Å². The van der Waals surface area contributed by atoms with Crippen molar-refractivity contribution in [1.82, 2.24) is 10.6 Å². The van der Waals surface area contributed by atoms with Crippen molar-refractivity contribution in [2.45, 2.75) is 37.9 Å². The van der Waals surface area contributed by atoms with Crippen molar-refractivity contribution in [3.05, 3.63) is 83.5 Å². The van der Waals surface area contributed by atoms with Gasteiger partial charge in [0.25, 0.3) is 5.91 Å². The summed E-state index contributed by atoms with van der Waals surface area (Å²) in [6, 6.07) is 14.4. The summed E-state index contributed by atoms with van der Waals surface area (Å²) in [6.07, 6.45) is 5.29. The van der Waals surface area contributed by atoms with Gasteiger partial charge in [0.05, 0.1) is 18.2 Å². The van der Waals surface area contributed by atoms with Gasteiger partial charge < -0.3 is 20.3 Å². The van der Waals surface area contributed by atoms with Crippen molar-refractivity contribution >= 4 is 23.4 Å². The molecule has 4 rings (SSSR count). The molecule has 2 atom stereocenters. The first-order chi connectivity index (χ1) is 15.5. The molecule has 2 aliphatic heterocycles. The summed E-state index contributed by atoms with van der Waals surface area (Å²) in [5, 5.41) is 6.30. The SMILES string of the molecule is CC.CSc1ccc(C(C)NC(=O)C2=CNC3C(=C2)OCCN3c2ccc(F)cc2)cc1. The highest BCUT2D eigenvalue weighted by Gasteiger charge is 2.31. The zero-order chi connectivity index (χ0) is 23.1. The number of ether oxygens (including phenoxy) is 1. The van der Waals surface area contributed by atoms with Crippen molar-refractivity contribution < 1.29 is 13.9 Å². The lowest BCUT2D eigenvalue weighted by Crippen LogP contribution is -2.52. The van der Waals surface area contributed by atoms with Crippen LogP contribution in [0.15, 0.2) is 77.0 Å². The van der Waals surface area contributed by atoms with Gasteiger partial charge in [0.1, 0.15) is 18.2 Å². The first-order valence-electron chi connectivity index (χ1n) is 10.8. The van der Waals surface area contributed by atoms with Gasteiger partial charge in [-0.25, -0.2) is 4.39 Å². The van der Waals surface area contributed by atoms with E-state index in [2.05, 4.69) is 27.7 Å². The molecule has 170 valence electrons. The average Bonchev–Trinajstić information content (AvgIpc) is 2.85. The lowest BCUT2D eigenvalue weighted by molar-refractivity contribution is -0.117. The molecule has 7 heteroatoms. The third-order valence-corrected chi connectivity index (χ3v) is 6.00. The molecule has 2 aromatic rings. The highest BCUT2D eigenvalue weighted by molar-refractivity contribution is 7.98. The van der Waals surface area contributed by atoms with Crippen LogP contribution in [0.3, 0.4) is 0 Å². The Bertz CT molecular complexity index is 974. The Morgan fingerprint density at radius 2 is 1.88 bits per heavy atom. The van der Waals surface area contributed by atoms with Crippen LogP contribution in [0.4, 0.5) is 10.1 Å². The van der Waals surface area contributed by atoms with Gasteiger partial charge >= 0.3 is 0 Å². The second-order valence-electron chi connectivity index (χ2n) is 7.20. The van der Waals surface area contributed by atoms with Gasteiger partial charge in [-0.3, -0.25) is 4.79 Å². The number of hydrogen-bond acceptors (Lipinski definition) is 5. The quantitative estimate of drug-likeness (QED) is 0.623. The van der Waals surface area contributed by atoms with Crippen LogP contribution in [0, 0.1) is 5.82 Å². The number of nitrogens with one attached hydrogen (secondary N) is 2. The van der Waals surface area contributed by atoms with Gasteiger partial charge in [0.15, 0.2) is 6.17 Å². The second-order valence-corrected chi connectivity index (χ2v) is 8.08. The normalized spacial score (nSPS) is 17.9. The summed E-state index contributed by atoms with van der Waals surface area (Å²) < 4.78 is 19.1. The number of hydrogen-bond donors (Lipinski definition) is 2. The van der Waals surface area contributed by atoms with Crippen LogP contribution in [0.25, 0.3) is 0 Å². The topological polar surface area (TPSA) is 53.6 Å². The molecular formula is C25H30FN3O2S. The standard InChI is InChI=1S/C23H24FN3O2S.C2H6/c1-15(16-3-9-20(30-2)10-4-16)26-23(28)17-13-21-22(25-14-17)27(11-12-29-21)19-7-5-18(24)6-8-19;1-2/h3-10,13-15,22,25H,11-12H2,1-2H3,(H,26,28);1-2H3. The Hall–Kier alpha value is -2.93. The van der Waals surface area contributed by atoms with Crippen LogP contribution >= 0.6 is 11.8 Å². The number of anilines is 1. The first-order valence-corrected chi connectivity index (χ1v) is 12.1. The molecular weight excluding hydrogens is 425 g/mol. The molecule has 0 spiro atoms. The fraction of sp³-hybridized carbons (Fsp3) is 0.320. The molecule has 0 aromatic heterocycles. The highest BCUT2D eigenvalue weighted by Crippen LogP contribution is 2.27. The van der Waals surface area contributed by atoms with Gasteiger partial charge in [0.2, 0.25) is 0 Å². The number of fused-ring (bicyclic) bond motifs is 1. The average molecular weight is 456 g/mol. The minimum atomic E-state index is -0.268. The van der Waals surface area contributed by atoms with Crippen LogP contribution in [0.1, 0.15) is 32.4 Å². The van der Waals surface area contributed by atoms with Crippen LogP contribution in [-0.2, 0) is 9.53 Å². The number of thioether (sulfide) groups is 1. The van der Waals surface area contributed by atoms with Crippen LogP contribution in [0.5, 0.6) is 0 Å². The summed E-state index contributed by atoms with van der Waals surface area (Å²) in [5.41, 5.74) is 2.45. The van der Waals surface area contributed by atoms with E-state index in [-0.39, 0.29) is 23.9 Å². The number of carbonyl (C=O) groups excluding carboxylic acids is 1. The molecule has 2 N–H and O–H groups in total. The molecule has 2 heterocycles. The Morgan fingerprint density at radius 1 is 1.19 bits per heavy atom. The molecule has 0 saturated carbocycles. The monoisotopic (exact) mass is 455 g/mol. The number of benzene rings is 2. The number of halogens is 1. The Balaban J connectivity index is 0.00000141. The molecule has 2 aromatic carbocycles. The number of amides is 1. The van der Waals surface area contributed by atoms with Crippen molar-refractivity contribution in [2.24, 2.45) is 0 Å². The van der Waals surface area contributed by atoms with E-state index < -0.39 is 0 Å². The summed E-state index contributed by atoms with van der Waals surface area (Å²) in [4.78, 5) is 16.1. The van der Waals surface area contributed by atoms with E-state index in [1.807, 2.05) is 39.2 Å². The summed E-state index contributed by atoms with van der Waals surface area (Å²) >= 11 is 1.69. The van der Waals surface area contributed by atoms with E-state index in [0.717, 1.165) is 11.3 Å². The minimum absolute atomic E-state index is 0.117. The maximum absolute atomic E-state index is 13.3. The first kappa shape index (κ1) is 23.7. The number of morpholine rings is 1. The number of nitrogens with zero attached hydrogens (tertiary/aromatic N) is 1. The number of carbonyl (C=O) groups is 1. The number of dihydropyridines is 1. The maximum Gasteiger partial charge on any atom is 0.253 e. The molecule has 1 fully saturated rings. The van der Waals surface area contributed by atoms with Crippen LogP contribution in [-0.4, -0.2) is 31.5 Å². The van der Waals surface area contributed by atoms with Gasteiger partial charge in [-0.05, 0) is 61.2 Å². The highest BCUT2D eigenvalue weighted by atomic mass is 32.2. The smallest absolute Gasteiger partial charge is 0.253 e. The summed E-state index contributed by atoms with van der Waals surface area (Å²) in [7, 11) is 0. The zero-order valence-electron chi connectivity index (χ0n) is 18.9. The van der Waals surface area contributed by atoms with Crippen molar-refractivity contribution in [3.8, 4) is 0 Å². The van der Waals surface area contributed by atoms with Crippen LogP contribution in [0.2, 0.25) is 0 Å². The summed E-state index contributed by atoms with van der Waals surface area (Å²) in [5.74, 6) is 0.239. The molecule has 32 heavy (non-hydrogen) atoms. The van der Waals surface area contributed by atoms with E-state index in [4.69, 9.17) is 4.74 Å². The van der Waals surface area contributed by atoms with E-state index in [1.54, 1.807) is 36.2 Å². The van der Waals surface area contributed by atoms with Gasteiger partial charge in [-0.1, -0.05) is 26.0 Å². The predicted octanol–water partition coefficient (Wildman–Crippen LogP) is 4.98. The molecule has 0 bridgehead atoms. The fourth-order valence-corrected chi connectivity index (χ4v) is 3.99. The molecule has 1 amide bonds. The largest absolute Gasteiger partial charge is 0.492 e. The fourth-order valence-electron chi connectivity index (χ4n) is 3.58. The zero-order valence-corrected chi connectivity index (χ0v) is 19.7. The molecule has 0 aliphatic carbocycles. The Kier molecular flexibility index (Phi) is 8.22. The van der Waals surface area contributed by atoms with E-state index in [9.17, 15) is 9.18 Å². The lowest BCUT2D eigenvalue weighted by Gasteiger charge is -2.40. The van der Waals surface area contributed by atoms with E-state index in [1.165, 1.54) is 17.0 Å². The molecule has 1 saturated heterocycles. The van der Waals surface area contributed by atoms with Gasteiger partial charge in [0, 0.05) is 16.8 Å². The molecule has 2 unspecified atom stereocenters. The third kappa shape index (κ3) is 5.46. The van der Waals surface area contributed by atoms with E-state index in [0.29, 0.717) is 24.5 Å². The lowest BCUT2D eigenvalue weighted by atomic mass is 10.1. The second kappa shape index (κ2) is 11.1. The number of rotatable bonds is 5. The third-order valence-electron chi connectivity index (χ3n) is 5.26. The van der Waals surface area contributed by atoms with Gasteiger partial charge in [-0.15, -0.1) is 11.8 Å². The van der Waals surface area contributed by atoms with Crippen molar-refractivity contribution in [1.29, 1.82) is 0 Å². The minimum Gasteiger partial charge on any atom is -0.492 e. The van der Waals surface area contributed by atoms with Crippen molar-refractivity contribution in [3.63, 3.8) is 0 Å². The Morgan fingerprint density at radius 3 is 2.53 bits per heavy atom.